The van der Waals surface area contributed by atoms with E-state index in [1.807, 2.05) is 20.8 Å². The molecule has 43 heavy (non-hydrogen) atoms. The number of esters is 2. The van der Waals surface area contributed by atoms with E-state index in [1.54, 1.807) is 6.92 Å². The van der Waals surface area contributed by atoms with Crippen LogP contribution in [0, 0.1) is 41.4 Å². The maximum Gasteiger partial charge on any atom is 0.426 e. The van der Waals surface area contributed by atoms with Gasteiger partial charge in [-0.15, -0.1) is 0 Å². The van der Waals surface area contributed by atoms with Crippen LogP contribution in [0.25, 0.3) is 0 Å². The first kappa shape index (κ1) is 34.3. The SMILES string of the molecule is CCC(C)C(=O)OC12CC3CC(CC(O)(C3)C1)C2.CCC(C)C(=O)OC1CC2CC1CC2CC(O)(C(F)(F)F)C(F)(F)F. The first-order valence-corrected chi connectivity index (χ1v) is 15.7. The van der Waals surface area contributed by atoms with Crippen molar-refractivity contribution in [3.63, 3.8) is 0 Å². The van der Waals surface area contributed by atoms with Crippen LogP contribution >= 0.6 is 0 Å². The normalized spacial score (nSPS) is 37.9. The van der Waals surface area contributed by atoms with Crippen LogP contribution in [0.3, 0.4) is 0 Å². The van der Waals surface area contributed by atoms with Crippen molar-refractivity contribution in [3.05, 3.63) is 0 Å². The van der Waals surface area contributed by atoms with E-state index >= 15 is 0 Å². The van der Waals surface area contributed by atoms with Gasteiger partial charge in [-0.05, 0) is 100 Å². The van der Waals surface area contributed by atoms with Gasteiger partial charge in [0.2, 0.25) is 0 Å². The minimum absolute atomic E-state index is 0.0207. The smallest absolute Gasteiger partial charge is 0.426 e. The predicted octanol–water partition coefficient (Wildman–Crippen LogP) is 6.90. The van der Waals surface area contributed by atoms with Gasteiger partial charge in [0.1, 0.15) is 11.7 Å². The fourth-order valence-electron chi connectivity index (χ4n) is 8.67. The molecular weight excluding hydrogens is 582 g/mol. The Bertz CT molecular complexity index is 999. The molecule has 6 bridgehead atoms. The molecule has 0 radical (unpaired) electrons. The molecule has 6 nitrogen and oxygen atoms in total. The van der Waals surface area contributed by atoms with Crippen molar-refractivity contribution >= 4 is 11.9 Å². The molecule has 0 amide bonds. The molecular formula is C31H46F6O6. The van der Waals surface area contributed by atoms with E-state index in [0.29, 0.717) is 31.1 Å². The number of alkyl halides is 6. The van der Waals surface area contributed by atoms with Crippen molar-refractivity contribution in [1.29, 1.82) is 0 Å². The van der Waals surface area contributed by atoms with Gasteiger partial charge in [0, 0.05) is 6.42 Å². The fraction of sp³-hybridized carbons (Fsp3) is 0.935. The largest absolute Gasteiger partial charge is 0.462 e. The lowest BCUT2D eigenvalue weighted by atomic mass is 9.52. The second kappa shape index (κ2) is 12.0. The second-order valence-corrected chi connectivity index (χ2v) is 14.4. The first-order chi connectivity index (χ1) is 19.7. The topological polar surface area (TPSA) is 93.1 Å². The van der Waals surface area contributed by atoms with E-state index < -0.39 is 53.9 Å². The summed E-state index contributed by atoms with van der Waals surface area (Å²) >= 11 is 0. The lowest BCUT2D eigenvalue weighted by molar-refractivity contribution is -0.373. The highest BCUT2D eigenvalue weighted by Gasteiger charge is 2.71. The number of hydrogen-bond acceptors (Lipinski definition) is 6. The van der Waals surface area contributed by atoms with E-state index in [1.165, 1.54) is 6.42 Å². The maximum absolute atomic E-state index is 12.8. The molecule has 6 saturated carbocycles. The summed E-state index contributed by atoms with van der Waals surface area (Å²) in [7, 11) is 0. The quantitative estimate of drug-likeness (QED) is 0.225. The second-order valence-electron chi connectivity index (χ2n) is 14.4. The van der Waals surface area contributed by atoms with Crippen LogP contribution in [0.1, 0.15) is 105 Å². The molecule has 0 aromatic heterocycles. The van der Waals surface area contributed by atoms with Crippen molar-refractivity contribution in [2.24, 2.45) is 41.4 Å². The number of ether oxygens (including phenoxy) is 2. The number of rotatable bonds is 8. The Hall–Kier alpha value is -1.56. The summed E-state index contributed by atoms with van der Waals surface area (Å²) in [5.41, 5.74) is -5.57. The number of halogens is 6. The number of hydrogen-bond donors (Lipinski definition) is 2. The molecule has 6 aliphatic rings. The third-order valence-electron chi connectivity index (χ3n) is 11.0. The van der Waals surface area contributed by atoms with Crippen LogP contribution in [0.4, 0.5) is 26.3 Å². The molecule has 0 heterocycles. The highest BCUT2D eigenvalue weighted by molar-refractivity contribution is 5.72. The maximum atomic E-state index is 12.8. The zero-order valence-electron chi connectivity index (χ0n) is 25.4. The number of carbonyl (C=O) groups is 2. The summed E-state index contributed by atoms with van der Waals surface area (Å²) in [5.74, 6) is -1.17. The summed E-state index contributed by atoms with van der Waals surface area (Å²) in [6.45, 7) is 7.46. The average Bonchev–Trinajstić information content (AvgIpc) is 3.44. The van der Waals surface area contributed by atoms with Gasteiger partial charge in [0.25, 0.3) is 5.60 Å². The van der Waals surface area contributed by atoms with E-state index in [4.69, 9.17) is 9.47 Å². The summed E-state index contributed by atoms with van der Waals surface area (Å²) < 4.78 is 88.2. The summed E-state index contributed by atoms with van der Waals surface area (Å²) in [6, 6.07) is 0. The van der Waals surface area contributed by atoms with Crippen molar-refractivity contribution in [2.75, 3.05) is 0 Å². The molecule has 6 aliphatic carbocycles. The average molecular weight is 629 g/mol. The van der Waals surface area contributed by atoms with Gasteiger partial charge in [-0.1, -0.05) is 27.7 Å². The lowest BCUT2D eigenvalue weighted by Crippen LogP contribution is -2.60. The van der Waals surface area contributed by atoms with Gasteiger partial charge in [0.05, 0.1) is 17.4 Å². The van der Waals surface area contributed by atoms with Crippen LogP contribution in [0.2, 0.25) is 0 Å². The molecule has 8 unspecified atom stereocenters. The third-order valence-corrected chi connectivity index (χ3v) is 11.0. The predicted molar refractivity (Wildman–Crippen MR) is 143 cm³/mol. The van der Waals surface area contributed by atoms with Crippen molar-refractivity contribution < 1.29 is 55.6 Å². The monoisotopic (exact) mass is 628 g/mol. The Kier molecular flexibility index (Phi) is 9.57. The fourth-order valence-corrected chi connectivity index (χ4v) is 8.67. The number of aliphatic hydroxyl groups is 2. The van der Waals surface area contributed by atoms with Gasteiger partial charge in [-0.3, -0.25) is 9.59 Å². The molecule has 0 spiro atoms. The molecule has 0 saturated heterocycles. The summed E-state index contributed by atoms with van der Waals surface area (Å²) in [5, 5.41) is 19.9. The van der Waals surface area contributed by atoms with Gasteiger partial charge in [0.15, 0.2) is 0 Å². The number of carbonyl (C=O) groups excluding carboxylic acids is 2. The van der Waals surface area contributed by atoms with E-state index in [9.17, 15) is 46.1 Å². The molecule has 0 aliphatic heterocycles. The van der Waals surface area contributed by atoms with Gasteiger partial charge in [-0.2, -0.15) is 26.3 Å². The zero-order chi connectivity index (χ0) is 32.2. The molecule has 6 fully saturated rings. The first-order valence-electron chi connectivity index (χ1n) is 15.7. The van der Waals surface area contributed by atoms with Gasteiger partial charge >= 0.3 is 24.3 Å². The number of fused-ring (bicyclic) bond motifs is 2. The van der Waals surface area contributed by atoms with E-state index in [2.05, 4.69) is 0 Å². The highest BCUT2D eigenvalue weighted by Crippen LogP contribution is 2.59. The van der Waals surface area contributed by atoms with Gasteiger partial charge < -0.3 is 19.7 Å². The molecule has 0 aromatic carbocycles. The van der Waals surface area contributed by atoms with Crippen molar-refractivity contribution in [1.82, 2.24) is 0 Å². The van der Waals surface area contributed by atoms with E-state index in [0.717, 1.165) is 32.1 Å². The third kappa shape index (κ3) is 6.99. The van der Waals surface area contributed by atoms with Crippen LogP contribution in [-0.4, -0.2) is 57.4 Å². The minimum Gasteiger partial charge on any atom is -0.462 e. The van der Waals surface area contributed by atoms with Crippen molar-refractivity contribution in [3.8, 4) is 0 Å². The molecule has 248 valence electrons. The highest BCUT2D eigenvalue weighted by atomic mass is 19.4. The van der Waals surface area contributed by atoms with Crippen molar-refractivity contribution in [2.45, 2.75) is 140 Å². The van der Waals surface area contributed by atoms with E-state index in [-0.39, 0.29) is 42.2 Å². The molecule has 2 N–H and O–H groups in total. The van der Waals surface area contributed by atoms with Crippen LogP contribution in [-0.2, 0) is 19.1 Å². The Labute approximate surface area is 249 Å². The molecule has 12 heteroatoms. The zero-order valence-corrected chi connectivity index (χ0v) is 25.4. The van der Waals surface area contributed by atoms with Crippen LogP contribution in [0.5, 0.6) is 0 Å². The standard InChI is InChI=1S/C16H22F6O3.C15H24O3/c1-3-8(2)13(23)25-12-6-9-4-10(12)5-11(9)7-14(24,15(17,18)19)16(20,21)22;1-3-10(2)13(16)18-15-7-11-4-12(8-15)6-14(17,5-11)9-15/h8-12,24H,3-7H2,1-2H3;10-12,17H,3-9H2,1-2H3. The molecule has 6 rings (SSSR count). The Balaban J connectivity index is 0.000000206. The van der Waals surface area contributed by atoms with Crippen LogP contribution in [0.15, 0.2) is 0 Å². The van der Waals surface area contributed by atoms with Crippen LogP contribution < -0.4 is 0 Å². The van der Waals surface area contributed by atoms with Gasteiger partial charge in [-0.25, -0.2) is 0 Å². The molecule has 8 atom stereocenters. The Morgan fingerprint density at radius 3 is 1.79 bits per heavy atom. The minimum atomic E-state index is -5.78. The summed E-state index contributed by atoms with van der Waals surface area (Å²) in [6.07, 6.45) is -5.51. The summed E-state index contributed by atoms with van der Waals surface area (Å²) in [4.78, 5) is 23.9. The Morgan fingerprint density at radius 2 is 1.35 bits per heavy atom. The lowest BCUT2D eigenvalue weighted by Gasteiger charge is -2.59. The molecule has 0 aromatic rings. The Morgan fingerprint density at radius 1 is 0.814 bits per heavy atom.